The lowest BCUT2D eigenvalue weighted by molar-refractivity contribution is -0.0789. The first-order chi connectivity index (χ1) is 12.1. The minimum atomic E-state index is -3.54. The van der Waals surface area contributed by atoms with E-state index in [2.05, 4.69) is 32.8 Å². The lowest BCUT2D eigenvalue weighted by Crippen LogP contribution is -2.57. The van der Waals surface area contributed by atoms with E-state index in [4.69, 9.17) is 9.47 Å². The Hall–Kier alpha value is -1.31. The first-order valence-electron chi connectivity index (χ1n) is 9.19. The first-order valence-corrected chi connectivity index (χ1v) is 10.6. The maximum absolute atomic E-state index is 13.3. The molecular formula is C19H28N2O4S. The number of hydrogen-bond donors (Lipinski definition) is 0. The zero-order valence-corrected chi connectivity index (χ0v) is 16.8. The molecule has 0 bridgehead atoms. The third-order valence-corrected chi connectivity index (χ3v) is 7.96. The molecule has 1 aliphatic carbocycles. The van der Waals surface area contributed by atoms with Gasteiger partial charge in [-0.25, -0.2) is 8.42 Å². The van der Waals surface area contributed by atoms with Crippen molar-refractivity contribution >= 4 is 10.0 Å². The summed E-state index contributed by atoms with van der Waals surface area (Å²) in [6.45, 7) is 7.57. The minimum Gasteiger partial charge on any atom is -0.486 e. The number of ether oxygens (including phenoxy) is 2. The lowest BCUT2D eigenvalue weighted by Gasteiger charge is -2.57. The summed E-state index contributed by atoms with van der Waals surface area (Å²) in [5.41, 5.74) is 0.251. The summed E-state index contributed by atoms with van der Waals surface area (Å²) < 4.78 is 39.3. The van der Waals surface area contributed by atoms with E-state index in [0.29, 0.717) is 48.6 Å². The third kappa shape index (κ3) is 2.72. The van der Waals surface area contributed by atoms with Crippen molar-refractivity contribution < 1.29 is 17.9 Å². The zero-order chi connectivity index (χ0) is 18.7. The summed E-state index contributed by atoms with van der Waals surface area (Å²) in [6.07, 6.45) is 1.07. The largest absolute Gasteiger partial charge is 0.486 e. The highest BCUT2D eigenvalue weighted by molar-refractivity contribution is 7.89. The van der Waals surface area contributed by atoms with Crippen molar-refractivity contribution in [3.63, 3.8) is 0 Å². The predicted octanol–water partition coefficient (Wildman–Crippen LogP) is 2.06. The van der Waals surface area contributed by atoms with Gasteiger partial charge in [-0.15, -0.1) is 0 Å². The Morgan fingerprint density at radius 3 is 2.54 bits per heavy atom. The third-order valence-electron chi connectivity index (χ3n) is 6.15. The molecule has 0 aromatic heterocycles. The standard InChI is InChI=1S/C19H28N2O4S/c1-18(2)11-19(12-20(3)4)13-21(10-17(18)19)26(22,23)14-5-6-15-16(9-14)25-8-7-24-15/h5-6,9,17H,7-8,10-13H2,1-4H3/t17-,19+/m1/s1. The van der Waals surface area contributed by atoms with Crippen LogP contribution < -0.4 is 9.47 Å². The smallest absolute Gasteiger partial charge is 0.243 e. The van der Waals surface area contributed by atoms with Crippen molar-refractivity contribution in [2.45, 2.75) is 25.2 Å². The van der Waals surface area contributed by atoms with E-state index in [1.165, 1.54) is 0 Å². The SMILES string of the molecule is CN(C)C[C@@]12CN(S(=O)(=O)c3ccc4c(c3)OCCO4)C[C@@H]1C(C)(C)C2. The van der Waals surface area contributed by atoms with Crippen molar-refractivity contribution in [3.8, 4) is 11.5 Å². The van der Waals surface area contributed by atoms with Crippen LogP contribution >= 0.6 is 0 Å². The number of fused-ring (bicyclic) bond motifs is 2. The molecule has 2 atom stereocenters. The van der Waals surface area contributed by atoms with Crippen molar-refractivity contribution in [1.82, 2.24) is 9.21 Å². The Kier molecular flexibility index (Phi) is 4.06. The van der Waals surface area contributed by atoms with Gasteiger partial charge in [0.1, 0.15) is 13.2 Å². The van der Waals surface area contributed by atoms with E-state index in [-0.39, 0.29) is 10.8 Å². The molecule has 4 rings (SSSR count). The van der Waals surface area contributed by atoms with Gasteiger partial charge in [0.25, 0.3) is 0 Å². The summed E-state index contributed by atoms with van der Waals surface area (Å²) in [4.78, 5) is 2.48. The molecule has 1 saturated heterocycles. The molecule has 0 N–H and O–H groups in total. The summed E-state index contributed by atoms with van der Waals surface area (Å²) in [5.74, 6) is 1.52. The molecule has 0 spiro atoms. The van der Waals surface area contributed by atoms with Crippen LogP contribution in [0.25, 0.3) is 0 Å². The monoisotopic (exact) mass is 380 g/mol. The fourth-order valence-corrected chi connectivity index (χ4v) is 7.01. The Morgan fingerprint density at radius 1 is 1.19 bits per heavy atom. The lowest BCUT2D eigenvalue weighted by atomic mass is 9.48. The van der Waals surface area contributed by atoms with Gasteiger partial charge in [-0.05, 0) is 44.0 Å². The van der Waals surface area contributed by atoms with Gasteiger partial charge < -0.3 is 14.4 Å². The molecule has 0 unspecified atom stereocenters. The fourth-order valence-electron chi connectivity index (χ4n) is 5.44. The van der Waals surface area contributed by atoms with Gasteiger partial charge in [-0.2, -0.15) is 4.31 Å². The molecular weight excluding hydrogens is 352 g/mol. The maximum Gasteiger partial charge on any atom is 0.243 e. The van der Waals surface area contributed by atoms with E-state index in [1.807, 2.05) is 0 Å². The number of sulfonamides is 1. The molecule has 2 fully saturated rings. The van der Waals surface area contributed by atoms with E-state index < -0.39 is 10.0 Å². The highest BCUT2D eigenvalue weighted by Crippen LogP contribution is 2.63. The van der Waals surface area contributed by atoms with E-state index in [9.17, 15) is 8.42 Å². The summed E-state index contributed by atoms with van der Waals surface area (Å²) in [7, 11) is 0.586. The van der Waals surface area contributed by atoms with Crippen LogP contribution in [0.2, 0.25) is 0 Å². The molecule has 2 heterocycles. The summed E-state index contributed by atoms with van der Waals surface area (Å²) in [6, 6.07) is 4.94. The highest BCUT2D eigenvalue weighted by atomic mass is 32.2. The summed E-state index contributed by atoms with van der Waals surface area (Å²) >= 11 is 0. The maximum atomic E-state index is 13.3. The van der Waals surface area contributed by atoms with Gasteiger partial charge in [0.05, 0.1) is 4.90 Å². The summed E-state index contributed by atoms with van der Waals surface area (Å²) in [5, 5.41) is 0. The molecule has 7 heteroatoms. The van der Waals surface area contributed by atoms with Crippen molar-refractivity contribution in [2.24, 2.45) is 16.7 Å². The van der Waals surface area contributed by atoms with Crippen LogP contribution in [0.15, 0.2) is 23.1 Å². The van der Waals surface area contributed by atoms with E-state index >= 15 is 0 Å². The Labute approximate surface area is 156 Å². The first kappa shape index (κ1) is 18.1. The number of hydrogen-bond acceptors (Lipinski definition) is 5. The Morgan fingerprint density at radius 2 is 1.88 bits per heavy atom. The van der Waals surface area contributed by atoms with Gasteiger partial charge >= 0.3 is 0 Å². The van der Waals surface area contributed by atoms with Crippen molar-refractivity contribution in [3.05, 3.63) is 18.2 Å². The second-order valence-electron chi connectivity index (χ2n) is 8.92. The van der Waals surface area contributed by atoms with Gasteiger partial charge in [0.15, 0.2) is 11.5 Å². The zero-order valence-electron chi connectivity index (χ0n) is 16.0. The van der Waals surface area contributed by atoms with E-state index in [0.717, 1.165) is 13.0 Å². The van der Waals surface area contributed by atoms with Gasteiger partial charge in [0.2, 0.25) is 10.0 Å². The molecule has 1 saturated carbocycles. The minimum absolute atomic E-state index is 0.0634. The van der Waals surface area contributed by atoms with Crippen LogP contribution in [0.5, 0.6) is 11.5 Å². The second kappa shape index (κ2) is 5.84. The van der Waals surface area contributed by atoms with Gasteiger partial charge in [-0.3, -0.25) is 0 Å². The van der Waals surface area contributed by atoms with Crippen LogP contribution in [-0.2, 0) is 10.0 Å². The number of benzene rings is 1. The average molecular weight is 381 g/mol. The molecule has 6 nitrogen and oxygen atoms in total. The van der Waals surface area contributed by atoms with Crippen LogP contribution in [-0.4, -0.2) is 64.6 Å². The molecule has 2 aliphatic heterocycles. The highest BCUT2D eigenvalue weighted by Gasteiger charge is 2.64. The molecule has 3 aliphatic rings. The topological polar surface area (TPSA) is 59.1 Å². The normalized spacial score (nSPS) is 30.1. The van der Waals surface area contributed by atoms with Gasteiger partial charge in [-0.1, -0.05) is 13.8 Å². The van der Waals surface area contributed by atoms with Crippen molar-refractivity contribution in [2.75, 3.05) is 46.9 Å². The molecule has 1 aromatic rings. The molecule has 26 heavy (non-hydrogen) atoms. The number of nitrogens with zero attached hydrogens (tertiary/aromatic N) is 2. The Balaban J connectivity index is 1.63. The molecule has 1 aromatic carbocycles. The Bertz CT molecular complexity index is 817. The van der Waals surface area contributed by atoms with Crippen LogP contribution in [0.3, 0.4) is 0 Å². The van der Waals surface area contributed by atoms with Crippen LogP contribution in [0.1, 0.15) is 20.3 Å². The average Bonchev–Trinajstić information content (AvgIpc) is 2.88. The quantitative estimate of drug-likeness (QED) is 0.800. The van der Waals surface area contributed by atoms with Crippen LogP contribution in [0, 0.1) is 16.7 Å². The van der Waals surface area contributed by atoms with Crippen LogP contribution in [0.4, 0.5) is 0 Å². The molecule has 0 amide bonds. The fraction of sp³-hybridized carbons (Fsp3) is 0.684. The molecule has 0 radical (unpaired) electrons. The number of rotatable bonds is 4. The molecule has 144 valence electrons. The predicted molar refractivity (Wildman–Crippen MR) is 99.1 cm³/mol. The second-order valence-corrected chi connectivity index (χ2v) is 10.9. The van der Waals surface area contributed by atoms with E-state index in [1.54, 1.807) is 22.5 Å². The van der Waals surface area contributed by atoms with Crippen molar-refractivity contribution in [1.29, 1.82) is 0 Å². The van der Waals surface area contributed by atoms with Gasteiger partial charge in [0, 0.05) is 31.1 Å².